The number of rotatable bonds is 14. The van der Waals surface area contributed by atoms with E-state index in [1.807, 2.05) is 11.8 Å². The highest BCUT2D eigenvalue weighted by Gasteiger charge is 2.44. The third-order valence-electron chi connectivity index (χ3n) is 4.57. The summed E-state index contributed by atoms with van der Waals surface area (Å²) in [4.78, 5) is 0. The summed E-state index contributed by atoms with van der Waals surface area (Å²) >= 11 is 2.65. The van der Waals surface area contributed by atoms with Crippen molar-refractivity contribution in [2.45, 2.75) is 81.2 Å². The van der Waals surface area contributed by atoms with Crippen LogP contribution in [0.25, 0.3) is 0 Å². The number of aliphatic hydroxyl groups excluding tert-OH is 4. The van der Waals surface area contributed by atoms with Crippen molar-refractivity contribution in [2.24, 2.45) is 5.16 Å². The lowest BCUT2D eigenvalue weighted by Crippen LogP contribution is -2.57. The molecule has 1 aliphatic heterocycles. The molecule has 1 saturated heterocycles. The number of thioether (sulfide) groups is 2. The van der Waals surface area contributed by atoms with Gasteiger partial charge in [0.2, 0.25) is 0 Å². The first kappa shape index (κ1) is 27.9. The van der Waals surface area contributed by atoms with Gasteiger partial charge in [0.1, 0.15) is 34.9 Å². The molecule has 0 aliphatic carbocycles. The first-order valence-electron chi connectivity index (χ1n) is 9.88. The van der Waals surface area contributed by atoms with Gasteiger partial charge in [-0.25, -0.2) is 4.28 Å². The molecule has 178 valence electrons. The van der Waals surface area contributed by atoms with Crippen LogP contribution < -0.4 is 0 Å². The maximum absolute atomic E-state index is 10.8. The van der Waals surface area contributed by atoms with Gasteiger partial charge in [0, 0.05) is 0 Å². The molecule has 5 atom stereocenters. The minimum Gasteiger partial charge on any atom is -0.394 e. The molecule has 5 N–H and O–H groups in total. The van der Waals surface area contributed by atoms with Gasteiger partial charge in [0.15, 0.2) is 0 Å². The molecule has 1 rings (SSSR count). The summed E-state index contributed by atoms with van der Waals surface area (Å²) in [5.74, 6) is 1.17. The molecule has 0 aromatic carbocycles. The van der Waals surface area contributed by atoms with Crippen LogP contribution in [-0.4, -0.2) is 86.9 Å². The molecule has 1 aliphatic rings. The smallest absolute Gasteiger partial charge is 0.394 e. The quantitative estimate of drug-likeness (QED) is 0.0777. The lowest BCUT2D eigenvalue weighted by Gasteiger charge is -2.39. The molecule has 0 amide bonds. The Morgan fingerprint density at radius 2 is 1.60 bits per heavy atom. The second kappa shape index (κ2) is 14.9. The number of ether oxygens (including phenoxy) is 1. The Morgan fingerprint density at radius 1 is 1.00 bits per heavy atom. The number of oxime groups is 1. The lowest BCUT2D eigenvalue weighted by atomic mass is 10.0. The van der Waals surface area contributed by atoms with Crippen molar-refractivity contribution >= 4 is 39.0 Å². The largest absolute Gasteiger partial charge is 0.466 e. The maximum atomic E-state index is 10.8. The minimum atomic E-state index is -4.79. The Kier molecular flexibility index (Phi) is 13.8. The third kappa shape index (κ3) is 11.0. The Bertz CT molecular complexity index is 603. The Hall–Kier alpha value is -0.120. The molecule has 0 aromatic heterocycles. The zero-order valence-corrected chi connectivity index (χ0v) is 19.4. The van der Waals surface area contributed by atoms with E-state index in [-0.39, 0.29) is 5.04 Å². The van der Waals surface area contributed by atoms with E-state index in [0.717, 1.165) is 37.4 Å². The predicted octanol–water partition coefficient (Wildman–Crippen LogP) is 1.14. The molecule has 0 radical (unpaired) electrons. The van der Waals surface area contributed by atoms with Crippen LogP contribution >= 0.6 is 23.5 Å². The normalized spacial score (nSPS) is 27.9. The average Bonchev–Trinajstić information content (AvgIpc) is 2.70. The van der Waals surface area contributed by atoms with E-state index in [0.29, 0.717) is 12.8 Å². The van der Waals surface area contributed by atoms with Gasteiger partial charge in [-0.15, -0.1) is 0 Å². The summed E-state index contributed by atoms with van der Waals surface area (Å²) < 4.78 is 39.9. The van der Waals surface area contributed by atoms with Crippen molar-refractivity contribution in [2.75, 3.05) is 18.6 Å². The summed E-state index contributed by atoms with van der Waals surface area (Å²) in [5.41, 5.74) is -1.11. The molecule has 13 heteroatoms. The van der Waals surface area contributed by atoms with Crippen molar-refractivity contribution in [3.8, 4) is 0 Å². The summed E-state index contributed by atoms with van der Waals surface area (Å²) in [5, 5.41) is 42.7. The van der Waals surface area contributed by atoms with Crippen LogP contribution in [0.5, 0.6) is 0 Å². The van der Waals surface area contributed by atoms with E-state index in [9.17, 15) is 28.8 Å². The van der Waals surface area contributed by atoms with Crippen LogP contribution in [0.1, 0.15) is 51.4 Å². The van der Waals surface area contributed by atoms with Gasteiger partial charge in [-0.3, -0.25) is 4.55 Å². The van der Waals surface area contributed by atoms with Crippen LogP contribution in [0.2, 0.25) is 0 Å². The van der Waals surface area contributed by atoms with Crippen LogP contribution in [0.4, 0.5) is 0 Å². The molecule has 30 heavy (non-hydrogen) atoms. The topological polar surface area (TPSA) is 166 Å². The fraction of sp³-hybridized carbons (Fsp3) is 0.941. The SMILES string of the molecule is CSCCCCCCCCC/C(=N/OS(=O)(=O)O)S[C@@H]1O[C@H](CO)[C@@H](O)[C@H](O)[C@H]1O. The van der Waals surface area contributed by atoms with Gasteiger partial charge in [-0.2, -0.15) is 20.2 Å². The molecular weight excluding hydrogens is 458 g/mol. The number of hydrogen-bond acceptors (Lipinski definition) is 11. The summed E-state index contributed by atoms with van der Waals surface area (Å²) in [6, 6.07) is 0. The van der Waals surface area contributed by atoms with E-state index in [4.69, 9.17) is 9.29 Å². The van der Waals surface area contributed by atoms with Gasteiger partial charge < -0.3 is 25.2 Å². The van der Waals surface area contributed by atoms with Gasteiger partial charge >= 0.3 is 10.4 Å². The van der Waals surface area contributed by atoms with E-state index >= 15 is 0 Å². The summed E-state index contributed by atoms with van der Waals surface area (Å²) in [7, 11) is -4.79. The summed E-state index contributed by atoms with van der Waals surface area (Å²) in [6.45, 7) is -0.576. The zero-order chi connectivity index (χ0) is 22.6. The Balaban J connectivity index is 2.56. The van der Waals surface area contributed by atoms with E-state index < -0.39 is 46.9 Å². The molecular formula is C17H33NO9S3. The van der Waals surface area contributed by atoms with Gasteiger partial charge in [0.25, 0.3) is 0 Å². The van der Waals surface area contributed by atoms with Crippen molar-refractivity contribution in [3.05, 3.63) is 0 Å². The van der Waals surface area contributed by atoms with E-state index in [1.165, 1.54) is 18.6 Å². The third-order valence-corrected chi connectivity index (χ3v) is 6.71. The average molecular weight is 492 g/mol. The van der Waals surface area contributed by atoms with Crippen molar-refractivity contribution in [1.29, 1.82) is 0 Å². The molecule has 1 fully saturated rings. The van der Waals surface area contributed by atoms with Gasteiger partial charge in [-0.1, -0.05) is 49.0 Å². The molecule has 10 nitrogen and oxygen atoms in total. The van der Waals surface area contributed by atoms with Gasteiger partial charge in [0.05, 0.1) is 6.61 Å². The molecule has 0 aromatic rings. The zero-order valence-electron chi connectivity index (χ0n) is 17.0. The second-order valence-corrected chi connectivity index (χ2v) is 10.2. The highest BCUT2D eigenvalue weighted by atomic mass is 32.3. The lowest BCUT2D eigenvalue weighted by molar-refractivity contribution is -0.205. The highest BCUT2D eigenvalue weighted by Crippen LogP contribution is 2.30. The van der Waals surface area contributed by atoms with E-state index in [2.05, 4.69) is 15.7 Å². The molecule has 0 saturated carbocycles. The van der Waals surface area contributed by atoms with E-state index in [1.54, 1.807) is 0 Å². The van der Waals surface area contributed by atoms with Crippen molar-refractivity contribution < 1.29 is 42.4 Å². The highest BCUT2D eigenvalue weighted by molar-refractivity contribution is 8.14. The van der Waals surface area contributed by atoms with Crippen LogP contribution in [-0.2, 0) is 19.4 Å². The molecule has 1 heterocycles. The number of unbranched alkanes of at least 4 members (excludes halogenated alkanes) is 6. The number of hydrogen-bond donors (Lipinski definition) is 5. The molecule has 0 spiro atoms. The fourth-order valence-electron chi connectivity index (χ4n) is 2.92. The van der Waals surface area contributed by atoms with Crippen LogP contribution in [0.3, 0.4) is 0 Å². The summed E-state index contributed by atoms with van der Waals surface area (Å²) in [6.07, 6.45) is 3.99. The number of nitrogens with zero attached hydrogens (tertiary/aromatic N) is 1. The number of aliphatic hydroxyl groups is 4. The Morgan fingerprint density at radius 3 is 2.17 bits per heavy atom. The van der Waals surface area contributed by atoms with Crippen molar-refractivity contribution in [1.82, 2.24) is 0 Å². The Labute approximate surface area is 186 Å². The second-order valence-electron chi connectivity index (χ2n) is 7.02. The predicted molar refractivity (Wildman–Crippen MR) is 117 cm³/mol. The van der Waals surface area contributed by atoms with Crippen LogP contribution in [0.15, 0.2) is 5.16 Å². The molecule has 0 bridgehead atoms. The van der Waals surface area contributed by atoms with Crippen molar-refractivity contribution in [3.63, 3.8) is 0 Å². The van der Waals surface area contributed by atoms with Gasteiger partial charge in [-0.05, 0) is 31.3 Å². The monoisotopic (exact) mass is 491 g/mol. The first-order valence-corrected chi connectivity index (χ1v) is 13.5. The first-order chi connectivity index (χ1) is 14.2. The van der Waals surface area contributed by atoms with Crippen LogP contribution in [0, 0.1) is 0 Å². The minimum absolute atomic E-state index is 0.136. The standard InChI is InChI=1S/C17H33NO9S3/c1-28-10-8-6-4-2-3-5-7-9-13(18-27-30(23,24)25)29-17-16(22)15(21)14(20)12(11-19)26-17/h12,14-17,19-22H,2-11H2,1H3,(H,23,24,25)/b18-13-/t12-,14-,15+,16-,17+/m1/s1. The molecule has 0 unspecified atom stereocenters. The maximum Gasteiger partial charge on any atom is 0.466 e. The fourth-order valence-corrected chi connectivity index (χ4v) is 4.75.